The number of hydrogen-bond donors (Lipinski definition) is 2. The van der Waals surface area contributed by atoms with E-state index in [9.17, 15) is 4.79 Å². The van der Waals surface area contributed by atoms with Gasteiger partial charge in [0.05, 0.1) is 6.54 Å². The normalized spacial score (nSPS) is 23.3. The summed E-state index contributed by atoms with van der Waals surface area (Å²) in [7, 11) is 0. The van der Waals surface area contributed by atoms with Gasteiger partial charge in [-0.15, -0.1) is 0 Å². The highest BCUT2D eigenvalue weighted by atomic mass is 32.1. The lowest BCUT2D eigenvalue weighted by molar-refractivity contribution is -0.117. The van der Waals surface area contributed by atoms with E-state index in [4.69, 9.17) is 12.2 Å². The van der Waals surface area contributed by atoms with Gasteiger partial charge in [0.15, 0.2) is 5.11 Å². The summed E-state index contributed by atoms with van der Waals surface area (Å²) >= 11 is 5.67. The summed E-state index contributed by atoms with van der Waals surface area (Å²) in [5.41, 5.74) is 2.11. The molecule has 1 saturated heterocycles. The van der Waals surface area contributed by atoms with E-state index in [1.54, 1.807) is 0 Å². The predicted molar refractivity (Wildman–Crippen MR) is 120 cm³/mol. The molecule has 1 heterocycles. The van der Waals surface area contributed by atoms with Crippen molar-refractivity contribution in [3.8, 4) is 0 Å². The Labute approximate surface area is 174 Å². The van der Waals surface area contributed by atoms with Crippen molar-refractivity contribution in [2.24, 2.45) is 5.92 Å². The topological polar surface area (TPSA) is 47.6 Å². The highest BCUT2D eigenvalue weighted by Crippen LogP contribution is 2.24. The van der Waals surface area contributed by atoms with E-state index in [1.165, 1.54) is 31.2 Å². The molecule has 1 aromatic rings. The molecule has 154 valence electrons. The molecule has 1 saturated carbocycles. The summed E-state index contributed by atoms with van der Waals surface area (Å²) in [6.07, 6.45) is 6.08. The molecule has 0 aromatic heterocycles. The van der Waals surface area contributed by atoms with Crippen LogP contribution in [0.2, 0.25) is 0 Å². The molecule has 0 radical (unpaired) electrons. The molecule has 2 atom stereocenters. The van der Waals surface area contributed by atoms with E-state index in [2.05, 4.69) is 40.3 Å². The maximum absolute atomic E-state index is 12.5. The number of anilines is 1. The number of nitrogens with one attached hydrogen (secondary N) is 2. The van der Waals surface area contributed by atoms with Crippen LogP contribution in [0.15, 0.2) is 24.3 Å². The van der Waals surface area contributed by atoms with Gasteiger partial charge in [0, 0.05) is 37.9 Å². The molecule has 1 aliphatic carbocycles. The molecule has 2 N–H and O–H groups in total. The minimum Gasteiger partial charge on any atom is -0.360 e. The van der Waals surface area contributed by atoms with Crippen LogP contribution in [0.5, 0.6) is 0 Å². The molecule has 0 unspecified atom stereocenters. The zero-order valence-corrected chi connectivity index (χ0v) is 18.1. The summed E-state index contributed by atoms with van der Waals surface area (Å²) in [5.74, 6) is 0.758. The standard InChI is InChI=1S/C22H34N4OS/c1-3-18-9-5-7-11-20(18)23-21(27)16-25-12-14-26(15-13-25)22(28)24-19-10-6-4-8-17(19)2/h5,7,9,11,17,19H,3-4,6,8,10,12-16H2,1-2H3,(H,23,27)(H,24,28)/t17-,19+/m0/s1. The third kappa shape index (κ3) is 5.67. The molecule has 1 aliphatic heterocycles. The number of rotatable bonds is 5. The van der Waals surface area contributed by atoms with Crippen LogP contribution in [0, 0.1) is 5.92 Å². The van der Waals surface area contributed by atoms with Gasteiger partial charge in [0.1, 0.15) is 0 Å². The smallest absolute Gasteiger partial charge is 0.238 e. The molecule has 0 spiro atoms. The Morgan fingerprint density at radius 1 is 1.14 bits per heavy atom. The summed E-state index contributed by atoms with van der Waals surface area (Å²) in [4.78, 5) is 16.9. The van der Waals surface area contributed by atoms with Crippen LogP contribution >= 0.6 is 12.2 Å². The molecule has 5 nitrogen and oxygen atoms in total. The number of carbonyl (C=O) groups excluding carboxylic acids is 1. The van der Waals surface area contributed by atoms with Crippen LogP contribution in [-0.2, 0) is 11.2 Å². The fourth-order valence-electron chi connectivity index (χ4n) is 4.23. The average molecular weight is 403 g/mol. The fourth-order valence-corrected chi connectivity index (χ4v) is 4.57. The van der Waals surface area contributed by atoms with E-state index in [0.717, 1.165) is 43.4 Å². The predicted octanol–water partition coefficient (Wildman–Crippen LogP) is 3.26. The van der Waals surface area contributed by atoms with Crippen molar-refractivity contribution in [1.82, 2.24) is 15.1 Å². The number of thiocarbonyl (C=S) groups is 1. The van der Waals surface area contributed by atoms with Crippen molar-refractivity contribution in [2.75, 3.05) is 38.0 Å². The van der Waals surface area contributed by atoms with Gasteiger partial charge in [-0.3, -0.25) is 9.69 Å². The lowest BCUT2D eigenvalue weighted by Gasteiger charge is -2.38. The van der Waals surface area contributed by atoms with Crippen molar-refractivity contribution in [3.05, 3.63) is 29.8 Å². The molecule has 28 heavy (non-hydrogen) atoms. The number of benzene rings is 1. The van der Waals surface area contributed by atoms with Gasteiger partial charge in [0.2, 0.25) is 5.91 Å². The van der Waals surface area contributed by atoms with Crippen molar-refractivity contribution in [3.63, 3.8) is 0 Å². The monoisotopic (exact) mass is 402 g/mol. The van der Waals surface area contributed by atoms with E-state index < -0.39 is 0 Å². The Kier molecular flexibility index (Phi) is 7.68. The number of piperazine rings is 1. The SMILES string of the molecule is CCc1ccccc1NC(=O)CN1CCN(C(=S)N[C@@H]2CCCC[C@@H]2C)CC1. The molecule has 2 fully saturated rings. The Hall–Kier alpha value is -1.66. The van der Waals surface area contributed by atoms with Crippen LogP contribution in [0.25, 0.3) is 0 Å². The van der Waals surface area contributed by atoms with Gasteiger partial charge < -0.3 is 15.5 Å². The van der Waals surface area contributed by atoms with Gasteiger partial charge in [0.25, 0.3) is 0 Å². The van der Waals surface area contributed by atoms with Crippen LogP contribution in [0.4, 0.5) is 5.69 Å². The maximum atomic E-state index is 12.5. The lowest BCUT2D eigenvalue weighted by Crippen LogP contribution is -2.55. The van der Waals surface area contributed by atoms with Crippen LogP contribution < -0.4 is 10.6 Å². The van der Waals surface area contributed by atoms with Crippen molar-refractivity contribution >= 4 is 28.9 Å². The zero-order chi connectivity index (χ0) is 19.9. The first-order valence-corrected chi connectivity index (χ1v) is 11.1. The van der Waals surface area contributed by atoms with Crippen molar-refractivity contribution < 1.29 is 4.79 Å². The first-order valence-electron chi connectivity index (χ1n) is 10.7. The highest BCUT2D eigenvalue weighted by molar-refractivity contribution is 7.80. The van der Waals surface area contributed by atoms with Crippen molar-refractivity contribution in [2.45, 2.75) is 52.0 Å². The number of para-hydroxylation sites is 1. The molecule has 2 aliphatic rings. The number of hydrogen-bond acceptors (Lipinski definition) is 3. The van der Waals surface area contributed by atoms with Crippen molar-refractivity contribution in [1.29, 1.82) is 0 Å². The summed E-state index contributed by atoms with van der Waals surface area (Å²) in [6, 6.07) is 8.54. The molecular weight excluding hydrogens is 368 g/mol. The van der Waals surface area contributed by atoms with Gasteiger partial charge >= 0.3 is 0 Å². The maximum Gasteiger partial charge on any atom is 0.238 e. The Bertz CT molecular complexity index is 672. The number of carbonyl (C=O) groups is 1. The minimum atomic E-state index is 0.0612. The average Bonchev–Trinajstić information content (AvgIpc) is 2.70. The summed E-state index contributed by atoms with van der Waals surface area (Å²) in [5, 5.41) is 7.56. The highest BCUT2D eigenvalue weighted by Gasteiger charge is 2.25. The number of nitrogens with zero attached hydrogens (tertiary/aromatic N) is 2. The quantitative estimate of drug-likeness (QED) is 0.741. The number of aryl methyl sites for hydroxylation is 1. The van der Waals surface area contributed by atoms with E-state index in [0.29, 0.717) is 18.5 Å². The second kappa shape index (κ2) is 10.2. The number of amides is 1. The summed E-state index contributed by atoms with van der Waals surface area (Å²) < 4.78 is 0. The second-order valence-electron chi connectivity index (χ2n) is 8.14. The molecule has 1 amide bonds. The molecular formula is C22H34N4OS. The largest absolute Gasteiger partial charge is 0.360 e. The minimum absolute atomic E-state index is 0.0612. The van der Waals surface area contributed by atoms with E-state index in [1.807, 2.05) is 18.2 Å². The van der Waals surface area contributed by atoms with Crippen LogP contribution in [0.1, 0.15) is 45.1 Å². The van der Waals surface area contributed by atoms with Gasteiger partial charge in [-0.1, -0.05) is 44.9 Å². The van der Waals surface area contributed by atoms with Crippen LogP contribution in [0.3, 0.4) is 0 Å². The Morgan fingerprint density at radius 3 is 2.57 bits per heavy atom. The van der Waals surface area contributed by atoms with Gasteiger partial charge in [-0.05, 0) is 49.0 Å². The molecule has 1 aromatic carbocycles. The third-order valence-electron chi connectivity index (χ3n) is 6.12. The molecule has 6 heteroatoms. The van der Waals surface area contributed by atoms with E-state index >= 15 is 0 Å². The molecule has 3 rings (SSSR count). The first-order chi connectivity index (χ1) is 13.6. The van der Waals surface area contributed by atoms with Gasteiger partial charge in [-0.25, -0.2) is 0 Å². The van der Waals surface area contributed by atoms with Gasteiger partial charge in [-0.2, -0.15) is 0 Å². The first kappa shape index (κ1) is 21.1. The van der Waals surface area contributed by atoms with Crippen LogP contribution in [-0.4, -0.2) is 59.6 Å². The molecule has 0 bridgehead atoms. The summed E-state index contributed by atoms with van der Waals surface area (Å²) in [6.45, 7) is 8.36. The Morgan fingerprint density at radius 2 is 1.86 bits per heavy atom. The third-order valence-corrected chi connectivity index (χ3v) is 6.50. The fraction of sp³-hybridized carbons (Fsp3) is 0.636. The van der Waals surface area contributed by atoms with E-state index in [-0.39, 0.29) is 5.91 Å². The second-order valence-corrected chi connectivity index (χ2v) is 8.53. The zero-order valence-electron chi connectivity index (χ0n) is 17.2. The Balaban J connectivity index is 1.42. The lowest BCUT2D eigenvalue weighted by atomic mass is 9.86.